The molecule has 0 fully saturated rings. The predicted octanol–water partition coefficient (Wildman–Crippen LogP) is 4.19. The van der Waals surface area contributed by atoms with Crippen molar-refractivity contribution in [1.29, 1.82) is 10.5 Å². The molecule has 0 aliphatic carbocycles. The van der Waals surface area contributed by atoms with Crippen molar-refractivity contribution in [2.24, 2.45) is 0 Å². The zero-order valence-electron chi connectivity index (χ0n) is 15.4. The van der Waals surface area contributed by atoms with E-state index in [9.17, 15) is 0 Å². The summed E-state index contributed by atoms with van der Waals surface area (Å²) >= 11 is 1.82. The average Bonchev–Trinajstić information content (AvgIpc) is 2.94. The van der Waals surface area contributed by atoms with Gasteiger partial charge in [0.15, 0.2) is 0 Å². The molecular weight excluding hydrogens is 350 g/mol. The van der Waals surface area contributed by atoms with Gasteiger partial charge in [-0.15, -0.1) is 0 Å². The van der Waals surface area contributed by atoms with E-state index in [-0.39, 0.29) is 5.57 Å². The molecule has 0 bridgehead atoms. The van der Waals surface area contributed by atoms with E-state index in [1.165, 1.54) is 26.2 Å². The molecule has 0 saturated carbocycles. The molecule has 0 aromatic heterocycles. The van der Waals surface area contributed by atoms with Crippen LogP contribution < -0.4 is 10.4 Å². The van der Waals surface area contributed by atoms with Gasteiger partial charge < -0.3 is 4.90 Å². The maximum atomic E-state index is 9.10. The van der Waals surface area contributed by atoms with Crippen LogP contribution in [0.2, 0.25) is 0 Å². The van der Waals surface area contributed by atoms with Crippen LogP contribution >= 0.6 is 11.8 Å². The lowest BCUT2D eigenvalue weighted by Gasteiger charge is -2.14. The Bertz CT molecular complexity index is 1330. The Morgan fingerprint density at radius 2 is 1.48 bits per heavy atom. The largest absolute Gasteiger partial charge is 0.342 e. The summed E-state index contributed by atoms with van der Waals surface area (Å²) < 4.78 is 0. The van der Waals surface area contributed by atoms with Gasteiger partial charge in [-0.3, -0.25) is 0 Å². The van der Waals surface area contributed by atoms with Crippen LogP contribution in [0.25, 0.3) is 32.1 Å². The Labute approximate surface area is 162 Å². The van der Waals surface area contributed by atoms with Crippen molar-refractivity contribution in [3.8, 4) is 12.1 Å². The van der Waals surface area contributed by atoms with E-state index in [0.29, 0.717) is 5.22 Å². The third-order valence-electron chi connectivity index (χ3n) is 5.12. The lowest BCUT2D eigenvalue weighted by Crippen LogP contribution is -2.16. The molecule has 27 heavy (non-hydrogen) atoms. The van der Waals surface area contributed by atoms with Crippen LogP contribution in [0.4, 0.5) is 0 Å². The average molecular weight is 367 g/mol. The third kappa shape index (κ3) is 2.85. The highest BCUT2D eigenvalue weighted by molar-refractivity contribution is 8.11. The van der Waals surface area contributed by atoms with Crippen molar-refractivity contribution in [3.63, 3.8) is 0 Å². The topological polar surface area (TPSA) is 50.8 Å². The van der Waals surface area contributed by atoms with Crippen molar-refractivity contribution < 1.29 is 0 Å². The van der Waals surface area contributed by atoms with Gasteiger partial charge in [0.1, 0.15) is 17.7 Å². The molecule has 0 unspecified atom stereocenters. The summed E-state index contributed by atoms with van der Waals surface area (Å²) in [7, 11) is 2.11. The van der Waals surface area contributed by atoms with Gasteiger partial charge in [0.25, 0.3) is 0 Å². The van der Waals surface area contributed by atoms with E-state index >= 15 is 0 Å². The molecule has 1 aliphatic rings. The Morgan fingerprint density at radius 3 is 2.07 bits per heavy atom. The standard InChI is InChI=1S/C23H17N3S/c1-14-15(2)27-23(26(14)3)19-7-6-17-8-20-10-18(22(12-24)13-25)5-4-16(20)9-21(17)11-19/h4-11H,1-3H3/b23-19+. The van der Waals surface area contributed by atoms with Crippen LogP contribution in [0.15, 0.2) is 59.1 Å². The summed E-state index contributed by atoms with van der Waals surface area (Å²) in [5.74, 6) is 0. The first-order chi connectivity index (χ1) is 13.0. The smallest absolute Gasteiger partial charge is 0.136 e. The fraction of sp³-hybridized carbons (Fsp3) is 0.130. The monoisotopic (exact) mass is 367 g/mol. The van der Waals surface area contributed by atoms with Gasteiger partial charge in [0.05, 0.1) is 5.03 Å². The minimum Gasteiger partial charge on any atom is -0.342 e. The molecule has 0 spiro atoms. The molecule has 3 aromatic rings. The van der Waals surface area contributed by atoms with Crippen LogP contribution in [-0.2, 0) is 0 Å². The van der Waals surface area contributed by atoms with Gasteiger partial charge in [-0.25, -0.2) is 0 Å². The van der Waals surface area contributed by atoms with E-state index in [1.54, 1.807) is 0 Å². The zero-order valence-corrected chi connectivity index (χ0v) is 16.2. The lowest BCUT2D eigenvalue weighted by atomic mass is 10.0. The van der Waals surface area contributed by atoms with Crippen molar-refractivity contribution in [1.82, 2.24) is 4.90 Å². The van der Waals surface area contributed by atoms with E-state index in [4.69, 9.17) is 10.5 Å². The minimum absolute atomic E-state index is 0.142. The normalized spacial score (nSPS) is 16.0. The Morgan fingerprint density at radius 1 is 0.852 bits per heavy atom. The van der Waals surface area contributed by atoms with Gasteiger partial charge in [0.2, 0.25) is 0 Å². The van der Waals surface area contributed by atoms with E-state index < -0.39 is 0 Å². The number of thioether (sulfide) groups is 1. The highest BCUT2D eigenvalue weighted by Crippen LogP contribution is 2.39. The number of hydrogen-bond donors (Lipinski definition) is 0. The molecule has 1 heterocycles. The van der Waals surface area contributed by atoms with Gasteiger partial charge in [-0.2, -0.15) is 10.5 Å². The molecule has 4 heteroatoms. The Balaban J connectivity index is 1.94. The third-order valence-corrected chi connectivity index (χ3v) is 6.43. The summed E-state index contributed by atoms with van der Waals surface area (Å²) in [5, 5.41) is 25.8. The second-order valence-electron chi connectivity index (χ2n) is 6.68. The Kier molecular flexibility index (Phi) is 4.15. The maximum absolute atomic E-state index is 9.10. The Hall–Kier alpha value is -3.21. The minimum atomic E-state index is 0.142. The van der Waals surface area contributed by atoms with Crippen LogP contribution in [0.3, 0.4) is 0 Å². The molecule has 3 nitrogen and oxygen atoms in total. The maximum Gasteiger partial charge on any atom is 0.136 e. The molecule has 0 amide bonds. The van der Waals surface area contributed by atoms with E-state index in [1.807, 2.05) is 42.1 Å². The van der Waals surface area contributed by atoms with Gasteiger partial charge in [0, 0.05) is 28.1 Å². The van der Waals surface area contributed by atoms with Crippen molar-refractivity contribution >= 4 is 43.9 Å². The van der Waals surface area contributed by atoms with Gasteiger partial charge >= 0.3 is 0 Å². The highest BCUT2D eigenvalue weighted by atomic mass is 32.2. The lowest BCUT2D eigenvalue weighted by molar-refractivity contribution is 0.615. The predicted molar refractivity (Wildman–Crippen MR) is 112 cm³/mol. The summed E-state index contributed by atoms with van der Waals surface area (Å²) in [6.45, 7) is 4.30. The molecule has 0 radical (unpaired) electrons. The zero-order chi connectivity index (χ0) is 19.1. The number of fused-ring (bicyclic) bond motifs is 2. The fourth-order valence-electron chi connectivity index (χ4n) is 3.37. The number of hydrogen-bond acceptors (Lipinski definition) is 4. The molecule has 4 rings (SSSR count). The number of nitriles is 2. The van der Waals surface area contributed by atoms with Crippen LogP contribution in [-0.4, -0.2) is 11.9 Å². The SMILES string of the molecule is CC1=C(C)N(C)/C(=c2/ccc3cc4cc(=C(C#N)C#N)ccc4cc3c2)S1. The van der Waals surface area contributed by atoms with Crippen molar-refractivity contribution in [2.45, 2.75) is 13.8 Å². The first-order valence-corrected chi connectivity index (χ1v) is 9.45. The van der Waals surface area contributed by atoms with Crippen LogP contribution in [0.1, 0.15) is 13.8 Å². The molecule has 0 atom stereocenters. The van der Waals surface area contributed by atoms with Gasteiger partial charge in [-0.05, 0) is 59.7 Å². The van der Waals surface area contributed by atoms with E-state index in [0.717, 1.165) is 16.2 Å². The highest BCUT2D eigenvalue weighted by Gasteiger charge is 2.19. The number of allylic oxidation sites excluding steroid dienone is 2. The second kappa shape index (κ2) is 6.50. The molecule has 3 aromatic carbocycles. The fourth-order valence-corrected chi connectivity index (χ4v) is 4.46. The van der Waals surface area contributed by atoms with Crippen LogP contribution in [0, 0.1) is 22.7 Å². The molecule has 0 saturated heterocycles. The van der Waals surface area contributed by atoms with Crippen LogP contribution in [0.5, 0.6) is 0 Å². The number of rotatable bonds is 0. The van der Waals surface area contributed by atoms with Crippen molar-refractivity contribution in [2.75, 3.05) is 7.05 Å². The first-order valence-electron chi connectivity index (χ1n) is 8.63. The summed E-state index contributed by atoms with van der Waals surface area (Å²) in [6, 6.07) is 20.5. The number of benzene rings is 3. The number of nitrogens with zero attached hydrogens (tertiary/aromatic N) is 3. The summed E-state index contributed by atoms with van der Waals surface area (Å²) in [4.78, 5) is 3.58. The molecule has 1 aliphatic heterocycles. The first kappa shape index (κ1) is 17.2. The van der Waals surface area contributed by atoms with Crippen molar-refractivity contribution in [3.05, 3.63) is 69.6 Å². The quantitative estimate of drug-likeness (QED) is 0.559. The molecular formula is C23H17N3S. The molecule has 130 valence electrons. The van der Waals surface area contributed by atoms with Gasteiger partial charge in [-0.1, -0.05) is 36.0 Å². The van der Waals surface area contributed by atoms with E-state index in [2.05, 4.69) is 56.1 Å². The second-order valence-corrected chi connectivity index (χ2v) is 7.89. The summed E-state index contributed by atoms with van der Waals surface area (Å²) in [5.41, 5.74) is 1.44. The summed E-state index contributed by atoms with van der Waals surface area (Å²) in [6.07, 6.45) is 0. The molecule has 0 N–H and O–H groups in total.